The molecule has 82 valence electrons. The van der Waals surface area contributed by atoms with Crippen molar-refractivity contribution in [3.63, 3.8) is 0 Å². The third kappa shape index (κ3) is 2.98. The Morgan fingerprint density at radius 3 is 2.27 bits per heavy atom. The van der Waals surface area contributed by atoms with Crippen LogP contribution in [0.1, 0.15) is 49.1 Å². The highest BCUT2D eigenvalue weighted by molar-refractivity contribution is 6.17. The Bertz CT molecular complexity index is 283. The van der Waals surface area contributed by atoms with Crippen LogP contribution >= 0.6 is 11.6 Å². The minimum absolute atomic E-state index is 0.725. The monoisotopic (exact) mass is 222 g/mol. The van der Waals surface area contributed by atoms with Gasteiger partial charge in [0.2, 0.25) is 0 Å². The molecule has 1 saturated carbocycles. The molecule has 0 atom stereocenters. The molecular weight excluding hydrogens is 204 g/mol. The standard InChI is InChI=1S/C14H19Cl/c15-11-10-12-6-8-14(9-7-12)13-4-2-1-3-5-13/h6-9,13H,1-5,10-11H2. The van der Waals surface area contributed by atoms with E-state index < -0.39 is 0 Å². The molecule has 1 aromatic rings. The van der Waals surface area contributed by atoms with Gasteiger partial charge in [0.25, 0.3) is 0 Å². The Kier molecular flexibility index (Phi) is 4.08. The molecule has 0 N–H and O–H groups in total. The first-order valence-electron chi connectivity index (χ1n) is 6.05. The Hall–Kier alpha value is -0.490. The highest BCUT2D eigenvalue weighted by Gasteiger charge is 2.14. The zero-order valence-electron chi connectivity index (χ0n) is 9.21. The summed E-state index contributed by atoms with van der Waals surface area (Å²) in [7, 11) is 0. The first-order chi connectivity index (χ1) is 7.40. The van der Waals surface area contributed by atoms with Crippen LogP contribution in [0.3, 0.4) is 0 Å². The lowest BCUT2D eigenvalue weighted by Crippen LogP contribution is -2.04. The van der Waals surface area contributed by atoms with E-state index in [1.54, 1.807) is 0 Å². The van der Waals surface area contributed by atoms with Gasteiger partial charge in [-0.15, -0.1) is 11.6 Å². The molecule has 0 saturated heterocycles. The summed E-state index contributed by atoms with van der Waals surface area (Å²) in [5.74, 6) is 1.55. The van der Waals surface area contributed by atoms with Crippen molar-refractivity contribution >= 4 is 11.6 Å². The van der Waals surface area contributed by atoms with Crippen LogP contribution < -0.4 is 0 Å². The third-order valence-electron chi connectivity index (χ3n) is 3.44. The van der Waals surface area contributed by atoms with Crippen LogP contribution in [0.15, 0.2) is 24.3 Å². The number of hydrogen-bond donors (Lipinski definition) is 0. The molecule has 0 radical (unpaired) electrons. The van der Waals surface area contributed by atoms with Gasteiger partial charge in [-0.1, -0.05) is 43.5 Å². The molecule has 1 heteroatoms. The molecule has 1 fully saturated rings. The van der Waals surface area contributed by atoms with Crippen molar-refractivity contribution in [2.24, 2.45) is 0 Å². The normalized spacial score (nSPS) is 17.9. The van der Waals surface area contributed by atoms with Gasteiger partial charge in [-0.25, -0.2) is 0 Å². The van der Waals surface area contributed by atoms with E-state index in [4.69, 9.17) is 11.6 Å². The van der Waals surface area contributed by atoms with E-state index in [2.05, 4.69) is 24.3 Å². The van der Waals surface area contributed by atoms with E-state index in [0.29, 0.717) is 0 Å². The largest absolute Gasteiger partial charge is 0.126 e. The summed E-state index contributed by atoms with van der Waals surface area (Å²) in [6.45, 7) is 0. The predicted molar refractivity (Wildman–Crippen MR) is 66.7 cm³/mol. The number of hydrogen-bond acceptors (Lipinski definition) is 0. The van der Waals surface area contributed by atoms with Crippen molar-refractivity contribution in [3.05, 3.63) is 35.4 Å². The topological polar surface area (TPSA) is 0 Å². The summed E-state index contributed by atoms with van der Waals surface area (Å²) in [6.07, 6.45) is 8.01. The summed E-state index contributed by atoms with van der Waals surface area (Å²) in [6, 6.07) is 9.09. The van der Waals surface area contributed by atoms with E-state index in [-0.39, 0.29) is 0 Å². The highest BCUT2D eigenvalue weighted by Crippen LogP contribution is 2.32. The number of benzene rings is 1. The van der Waals surface area contributed by atoms with E-state index >= 15 is 0 Å². The molecular formula is C14H19Cl. The lowest BCUT2D eigenvalue weighted by molar-refractivity contribution is 0.443. The van der Waals surface area contributed by atoms with Gasteiger partial charge in [0.1, 0.15) is 0 Å². The average Bonchev–Trinajstić information content (AvgIpc) is 2.32. The summed E-state index contributed by atoms with van der Waals surface area (Å²) < 4.78 is 0. The molecule has 1 aromatic carbocycles. The molecule has 0 unspecified atom stereocenters. The van der Waals surface area contributed by atoms with Crippen molar-refractivity contribution in [2.45, 2.75) is 44.4 Å². The van der Waals surface area contributed by atoms with Gasteiger partial charge in [0.15, 0.2) is 0 Å². The summed E-state index contributed by atoms with van der Waals surface area (Å²) in [5, 5.41) is 0. The molecule has 0 heterocycles. The van der Waals surface area contributed by atoms with Crippen LogP contribution in [0.2, 0.25) is 0 Å². The number of rotatable bonds is 3. The number of alkyl halides is 1. The smallest absolute Gasteiger partial charge is 0.0263 e. The second-order valence-corrected chi connectivity index (χ2v) is 4.89. The second kappa shape index (κ2) is 5.55. The Morgan fingerprint density at radius 2 is 1.67 bits per heavy atom. The van der Waals surface area contributed by atoms with E-state index in [1.807, 2.05) is 0 Å². The van der Waals surface area contributed by atoms with E-state index in [9.17, 15) is 0 Å². The lowest BCUT2D eigenvalue weighted by atomic mass is 9.84. The van der Waals surface area contributed by atoms with Crippen molar-refractivity contribution < 1.29 is 0 Å². The fourth-order valence-electron chi connectivity index (χ4n) is 2.50. The van der Waals surface area contributed by atoms with Crippen molar-refractivity contribution in [3.8, 4) is 0 Å². The van der Waals surface area contributed by atoms with Gasteiger partial charge in [-0.3, -0.25) is 0 Å². The number of aryl methyl sites for hydroxylation is 1. The van der Waals surface area contributed by atoms with Gasteiger partial charge in [0.05, 0.1) is 0 Å². The van der Waals surface area contributed by atoms with Gasteiger partial charge in [-0.2, -0.15) is 0 Å². The van der Waals surface area contributed by atoms with Crippen molar-refractivity contribution in [1.82, 2.24) is 0 Å². The zero-order chi connectivity index (χ0) is 10.5. The minimum Gasteiger partial charge on any atom is -0.126 e. The van der Waals surface area contributed by atoms with Gasteiger partial charge in [-0.05, 0) is 36.3 Å². The first kappa shape index (κ1) is 11.0. The molecule has 1 aliphatic carbocycles. The van der Waals surface area contributed by atoms with Gasteiger partial charge >= 0.3 is 0 Å². The fourth-order valence-corrected chi connectivity index (χ4v) is 2.72. The molecule has 0 aromatic heterocycles. The molecule has 0 aliphatic heterocycles. The van der Waals surface area contributed by atoms with Crippen LogP contribution in [0.25, 0.3) is 0 Å². The van der Waals surface area contributed by atoms with Crippen LogP contribution in [-0.4, -0.2) is 5.88 Å². The fraction of sp³-hybridized carbons (Fsp3) is 0.571. The molecule has 1 aliphatic rings. The maximum absolute atomic E-state index is 5.72. The second-order valence-electron chi connectivity index (χ2n) is 4.52. The molecule has 0 nitrogen and oxygen atoms in total. The zero-order valence-corrected chi connectivity index (χ0v) is 9.97. The Balaban J connectivity index is 2.02. The summed E-state index contributed by atoms with van der Waals surface area (Å²) >= 11 is 5.72. The molecule has 0 bridgehead atoms. The highest BCUT2D eigenvalue weighted by atomic mass is 35.5. The van der Waals surface area contributed by atoms with Crippen LogP contribution in [0.4, 0.5) is 0 Å². The minimum atomic E-state index is 0.725. The SMILES string of the molecule is ClCCc1ccc(C2CCCCC2)cc1. The maximum Gasteiger partial charge on any atom is 0.0263 e. The third-order valence-corrected chi connectivity index (χ3v) is 3.63. The molecule has 0 spiro atoms. The lowest BCUT2D eigenvalue weighted by Gasteiger charge is -2.22. The quantitative estimate of drug-likeness (QED) is 0.660. The maximum atomic E-state index is 5.72. The molecule has 2 rings (SSSR count). The van der Waals surface area contributed by atoms with Crippen molar-refractivity contribution in [1.29, 1.82) is 0 Å². The van der Waals surface area contributed by atoms with Crippen molar-refractivity contribution in [2.75, 3.05) is 5.88 Å². The Labute approximate surface area is 97.6 Å². The summed E-state index contributed by atoms with van der Waals surface area (Å²) in [5.41, 5.74) is 2.90. The first-order valence-corrected chi connectivity index (χ1v) is 6.58. The van der Waals surface area contributed by atoms with Gasteiger partial charge in [0, 0.05) is 5.88 Å². The van der Waals surface area contributed by atoms with Crippen LogP contribution in [0.5, 0.6) is 0 Å². The van der Waals surface area contributed by atoms with Crippen LogP contribution in [-0.2, 0) is 6.42 Å². The predicted octanol–water partition coefficient (Wildman–Crippen LogP) is 4.52. The average molecular weight is 223 g/mol. The van der Waals surface area contributed by atoms with Gasteiger partial charge < -0.3 is 0 Å². The molecule has 15 heavy (non-hydrogen) atoms. The summed E-state index contributed by atoms with van der Waals surface area (Å²) in [4.78, 5) is 0. The number of halogens is 1. The van der Waals surface area contributed by atoms with E-state index in [1.165, 1.54) is 43.2 Å². The van der Waals surface area contributed by atoms with Crippen LogP contribution in [0, 0.1) is 0 Å². The Morgan fingerprint density at radius 1 is 1.00 bits per heavy atom. The van der Waals surface area contributed by atoms with E-state index in [0.717, 1.165) is 18.2 Å². The molecule has 0 amide bonds.